The molecule has 7 nitrogen and oxygen atoms in total. The lowest BCUT2D eigenvalue weighted by Crippen LogP contribution is -2.44. The van der Waals surface area contributed by atoms with Crippen LogP contribution in [0, 0.1) is 5.92 Å². The Kier molecular flexibility index (Phi) is 4.87. The largest absolute Gasteiger partial charge is 0.458 e. The van der Waals surface area contributed by atoms with Crippen LogP contribution < -0.4 is 0 Å². The highest BCUT2D eigenvalue weighted by molar-refractivity contribution is 5.88. The third kappa shape index (κ3) is 3.16. The summed E-state index contributed by atoms with van der Waals surface area (Å²) in [7, 11) is 0. The molecular formula is C17H25N3O4. The molecule has 1 atom stereocenters. The van der Waals surface area contributed by atoms with Gasteiger partial charge in [-0.2, -0.15) is 4.98 Å². The van der Waals surface area contributed by atoms with Gasteiger partial charge in [-0.25, -0.2) is 0 Å². The lowest BCUT2D eigenvalue weighted by Gasteiger charge is -2.31. The SMILES string of the molecule is CCCc1nc(CN(CC)C(=O)[C@H]2CC(=O)OC23CCCC3)no1. The molecule has 132 valence electrons. The zero-order valence-electron chi connectivity index (χ0n) is 14.4. The number of ether oxygens (including phenoxy) is 1. The molecule has 2 fully saturated rings. The zero-order valence-corrected chi connectivity index (χ0v) is 14.4. The Morgan fingerprint density at radius 3 is 2.75 bits per heavy atom. The Morgan fingerprint density at radius 1 is 1.33 bits per heavy atom. The van der Waals surface area contributed by atoms with Crippen LogP contribution in [0.1, 0.15) is 64.1 Å². The smallest absolute Gasteiger partial charge is 0.307 e. The van der Waals surface area contributed by atoms with E-state index in [0.717, 1.165) is 38.5 Å². The van der Waals surface area contributed by atoms with Crippen molar-refractivity contribution in [3.05, 3.63) is 11.7 Å². The molecule has 0 N–H and O–H groups in total. The van der Waals surface area contributed by atoms with E-state index in [-0.39, 0.29) is 24.2 Å². The van der Waals surface area contributed by atoms with Crippen molar-refractivity contribution in [2.75, 3.05) is 6.54 Å². The average molecular weight is 335 g/mol. The maximum absolute atomic E-state index is 13.0. The Labute approximate surface area is 141 Å². The van der Waals surface area contributed by atoms with Crippen LogP contribution in [0.4, 0.5) is 0 Å². The first-order valence-electron chi connectivity index (χ1n) is 8.90. The van der Waals surface area contributed by atoms with Crippen molar-refractivity contribution in [3.8, 4) is 0 Å². The Bertz CT molecular complexity index is 607. The van der Waals surface area contributed by atoms with Crippen LogP contribution in [-0.4, -0.2) is 39.1 Å². The van der Waals surface area contributed by atoms with Gasteiger partial charge < -0.3 is 14.2 Å². The molecule has 1 spiro atoms. The predicted molar refractivity (Wildman–Crippen MR) is 84.8 cm³/mol. The molecule has 2 aliphatic rings. The third-order valence-electron chi connectivity index (χ3n) is 5.07. The molecule has 0 unspecified atom stereocenters. The molecule has 7 heteroatoms. The van der Waals surface area contributed by atoms with Crippen LogP contribution in [0.3, 0.4) is 0 Å². The monoisotopic (exact) mass is 335 g/mol. The third-order valence-corrected chi connectivity index (χ3v) is 5.07. The van der Waals surface area contributed by atoms with E-state index in [1.807, 2.05) is 13.8 Å². The summed E-state index contributed by atoms with van der Waals surface area (Å²) in [5.74, 6) is 0.444. The van der Waals surface area contributed by atoms with E-state index in [2.05, 4.69) is 10.1 Å². The van der Waals surface area contributed by atoms with E-state index in [9.17, 15) is 9.59 Å². The van der Waals surface area contributed by atoms with Crippen LogP contribution in [-0.2, 0) is 27.3 Å². The number of aryl methyl sites for hydroxylation is 1. The molecule has 1 aromatic rings. The van der Waals surface area contributed by atoms with Crippen molar-refractivity contribution in [1.29, 1.82) is 0 Å². The minimum absolute atomic E-state index is 0.0351. The molecule has 1 aliphatic carbocycles. The number of rotatable bonds is 6. The quantitative estimate of drug-likeness (QED) is 0.741. The van der Waals surface area contributed by atoms with Crippen molar-refractivity contribution in [2.45, 2.75) is 70.9 Å². The molecule has 0 aromatic carbocycles. The van der Waals surface area contributed by atoms with Crippen LogP contribution in [0.2, 0.25) is 0 Å². The van der Waals surface area contributed by atoms with Gasteiger partial charge in [0.1, 0.15) is 5.60 Å². The minimum Gasteiger partial charge on any atom is -0.458 e. The Balaban J connectivity index is 1.72. The molecular weight excluding hydrogens is 310 g/mol. The number of aromatic nitrogens is 2. The number of carbonyl (C=O) groups excluding carboxylic acids is 2. The van der Waals surface area contributed by atoms with Gasteiger partial charge in [0.05, 0.1) is 18.9 Å². The first-order valence-corrected chi connectivity index (χ1v) is 8.90. The van der Waals surface area contributed by atoms with E-state index in [4.69, 9.17) is 9.26 Å². The fourth-order valence-corrected chi connectivity index (χ4v) is 3.83. The molecule has 3 rings (SSSR count). The van der Waals surface area contributed by atoms with Crippen molar-refractivity contribution in [1.82, 2.24) is 15.0 Å². The van der Waals surface area contributed by atoms with E-state index in [1.54, 1.807) is 4.90 Å². The van der Waals surface area contributed by atoms with Crippen molar-refractivity contribution in [3.63, 3.8) is 0 Å². The van der Waals surface area contributed by atoms with Gasteiger partial charge in [-0.1, -0.05) is 12.1 Å². The molecule has 1 aromatic heterocycles. The van der Waals surface area contributed by atoms with Crippen LogP contribution >= 0.6 is 0 Å². The van der Waals surface area contributed by atoms with Crippen molar-refractivity contribution < 1.29 is 18.8 Å². The molecule has 1 saturated carbocycles. The second-order valence-electron chi connectivity index (χ2n) is 6.71. The molecule has 24 heavy (non-hydrogen) atoms. The summed E-state index contributed by atoms with van der Waals surface area (Å²) in [6.07, 6.45) is 5.44. The van der Waals surface area contributed by atoms with Crippen molar-refractivity contribution in [2.24, 2.45) is 5.92 Å². The van der Waals surface area contributed by atoms with E-state index in [0.29, 0.717) is 24.8 Å². The fourth-order valence-electron chi connectivity index (χ4n) is 3.83. The second-order valence-corrected chi connectivity index (χ2v) is 6.71. The maximum atomic E-state index is 13.0. The topological polar surface area (TPSA) is 85.5 Å². The zero-order chi connectivity index (χ0) is 17.2. The van der Waals surface area contributed by atoms with Crippen molar-refractivity contribution >= 4 is 11.9 Å². The number of nitrogens with zero attached hydrogens (tertiary/aromatic N) is 3. The summed E-state index contributed by atoms with van der Waals surface area (Å²) >= 11 is 0. The summed E-state index contributed by atoms with van der Waals surface area (Å²) in [6.45, 7) is 4.81. The highest BCUT2D eigenvalue weighted by Gasteiger charge is 2.54. The first-order chi connectivity index (χ1) is 11.6. The summed E-state index contributed by atoms with van der Waals surface area (Å²) in [4.78, 5) is 30.9. The van der Waals surface area contributed by atoms with Crippen LogP contribution in [0.15, 0.2) is 4.52 Å². The average Bonchev–Trinajstić information content (AvgIpc) is 3.27. The lowest BCUT2D eigenvalue weighted by atomic mass is 9.84. The molecule has 0 bridgehead atoms. The normalized spacial score (nSPS) is 22.1. The molecule has 1 amide bonds. The number of carbonyl (C=O) groups is 2. The van der Waals surface area contributed by atoms with Gasteiger partial charge in [0.15, 0.2) is 5.82 Å². The second kappa shape index (κ2) is 6.91. The molecule has 1 saturated heterocycles. The number of esters is 1. The standard InChI is InChI=1S/C17H25N3O4/c1-3-7-14-18-13(19-24-14)11-20(4-2)16(22)12-10-15(21)23-17(12)8-5-6-9-17/h12H,3-11H2,1-2H3/t12-/m1/s1. The number of hydrogen-bond acceptors (Lipinski definition) is 6. The predicted octanol–water partition coefficient (Wildman–Crippen LogP) is 2.25. The summed E-state index contributed by atoms with van der Waals surface area (Å²) in [6, 6.07) is 0. The van der Waals surface area contributed by atoms with Gasteiger partial charge in [0.25, 0.3) is 0 Å². The number of hydrogen-bond donors (Lipinski definition) is 0. The highest BCUT2D eigenvalue weighted by atomic mass is 16.6. The maximum Gasteiger partial charge on any atom is 0.307 e. The first kappa shape index (κ1) is 16.9. The summed E-state index contributed by atoms with van der Waals surface area (Å²) < 4.78 is 10.8. The van der Waals surface area contributed by atoms with Gasteiger partial charge in [0, 0.05) is 13.0 Å². The highest BCUT2D eigenvalue weighted by Crippen LogP contribution is 2.46. The van der Waals surface area contributed by atoms with Crippen LogP contribution in [0.5, 0.6) is 0 Å². The van der Waals surface area contributed by atoms with Gasteiger partial charge in [-0.05, 0) is 39.0 Å². The Hall–Kier alpha value is -1.92. The summed E-state index contributed by atoms with van der Waals surface area (Å²) in [5.41, 5.74) is -0.577. The van der Waals surface area contributed by atoms with Gasteiger partial charge in [0.2, 0.25) is 11.8 Å². The van der Waals surface area contributed by atoms with E-state index in [1.165, 1.54) is 0 Å². The number of amides is 1. The minimum atomic E-state index is -0.577. The molecule has 2 heterocycles. The molecule has 1 aliphatic heterocycles. The Morgan fingerprint density at radius 2 is 2.08 bits per heavy atom. The molecule has 0 radical (unpaired) electrons. The van der Waals surface area contributed by atoms with Gasteiger partial charge in [-0.3, -0.25) is 9.59 Å². The van der Waals surface area contributed by atoms with Gasteiger partial charge in [-0.15, -0.1) is 0 Å². The van der Waals surface area contributed by atoms with Gasteiger partial charge >= 0.3 is 5.97 Å². The lowest BCUT2D eigenvalue weighted by molar-refractivity contribution is -0.151. The summed E-state index contributed by atoms with van der Waals surface area (Å²) in [5, 5.41) is 3.96. The van der Waals surface area contributed by atoms with E-state index < -0.39 is 5.60 Å². The van der Waals surface area contributed by atoms with E-state index >= 15 is 0 Å². The fraction of sp³-hybridized carbons (Fsp3) is 0.765. The van der Waals surface area contributed by atoms with Crippen LogP contribution in [0.25, 0.3) is 0 Å².